The third kappa shape index (κ3) is 3.40. The summed E-state index contributed by atoms with van der Waals surface area (Å²) in [6.45, 7) is 1.93. The Morgan fingerprint density at radius 2 is 1.60 bits per heavy atom. The number of para-hydroxylation sites is 1. The molecular formula is C30H30FN3O. The molecule has 3 heterocycles. The summed E-state index contributed by atoms with van der Waals surface area (Å²) in [5.41, 5.74) is 5.09. The normalized spacial score (nSPS) is 24.8. The Balaban J connectivity index is 1.21. The average molecular weight is 468 g/mol. The maximum Gasteiger partial charge on any atom is 0.200 e. The minimum Gasteiger partial charge on any atom is -0.466 e. The molecule has 7 rings (SSSR count). The molecule has 1 spiro atoms. The first kappa shape index (κ1) is 21.1. The molecule has 35 heavy (non-hydrogen) atoms. The first-order valence-electron chi connectivity index (χ1n) is 12.9. The van der Waals surface area contributed by atoms with Gasteiger partial charge in [-0.15, -0.1) is 0 Å². The van der Waals surface area contributed by atoms with Gasteiger partial charge in [-0.1, -0.05) is 60.7 Å². The zero-order valence-corrected chi connectivity index (χ0v) is 19.9. The number of hydrogen-bond donors (Lipinski definition) is 0. The van der Waals surface area contributed by atoms with Crippen LogP contribution in [0, 0.1) is 5.82 Å². The predicted molar refractivity (Wildman–Crippen MR) is 135 cm³/mol. The van der Waals surface area contributed by atoms with Crippen molar-refractivity contribution in [2.24, 2.45) is 5.10 Å². The van der Waals surface area contributed by atoms with Gasteiger partial charge in [-0.3, -0.25) is 4.90 Å². The van der Waals surface area contributed by atoms with E-state index in [0.717, 1.165) is 43.0 Å². The van der Waals surface area contributed by atoms with Crippen LogP contribution in [0.15, 0.2) is 77.9 Å². The molecule has 1 aliphatic carbocycles. The van der Waals surface area contributed by atoms with Crippen LogP contribution < -0.4 is 4.74 Å². The third-order valence-corrected chi connectivity index (χ3v) is 8.45. The summed E-state index contributed by atoms with van der Waals surface area (Å²) in [5, 5.41) is 7.24. The second kappa shape index (κ2) is 8.20. The topological polar surface area (TPSA) is 28.1 Å². The molecule has 0 amide bonds. The molecule has 2 unspecified atom stereocenters. The summed E-state index contributed by atoms with van der Waals surface area (Å²) in [4.78, 5) is 2.65. The van der Waals surface area contributed by atoms with Gasteiger partial charge in [0.25, 0.3) is 0 Å². The van der Waals surface area contributed by atoms with E-state index in [1.807, 2.05) is 18.2 Å². The van der Waals surface area contributed by atoms with E-state index < -0.39 is 5.72 Å². The van der Waals surface area contributed by atoms with Gasteiger partial charge < -0.3 is 4.74 Å². The highest BCUT2D eigenvalue weighted by molar-refractivity contribution is 6.02. The number of nitrogens with zero attached hydrogens (tertiary/aromatic N) is 3. The summed E-state index contributed by atoms with van der Waals surface area (Å²) in [5.74, 6) is 0.746. The number of likely N-dealkylation sites (tertiary alicyclic amines) is 1. The summed E-state index contributed by atoms with van der Waals surface area (Å²) < 4.78 is 21.5. The Morgan fingerprint density at radius 3 is 2.46 bits per heavy atom. The lowest BCUT2D eigenvalue weighted by Gasteiger charge is -2.52. The zero-order valence-electron chi connectivity index (χ0n) is 19.9. The molecule has 3 aliphatic heterocycles. The Labute approximate surface area is 206 Å². The Morgan fingerprint density at radius 1 is 0.857 bits per heavy atom. The maximum atomic E-state index is 14.7. The molecule has 0 N–H and O–H groups in total. The standard InChI is InChI=1S/C30H30FN3O/c31-25-13-5-3-11-23(25)26-20-28-24-12-4-6-15-29(24)35-30(34(28)32-26)16-18-33(19-17-30)27-14-7-9-21-8-1-2-10-22(21)27/h1-6,8,10-13,15,27-28H,7,9,14,16-20H2. The van der Waals surface area contributed by atoms with Gasteiger partial charge in [0.2, 0.25) is 5.72 Å². The van der Waals surface area contributed by atoms with Gasteiger partial charge in [0.1, 0.15) is 11.6 Å². The fraction of sp³-hybridized carbons (Fsp3) is 0.367. The van der Waals surface area contributed by atoms with Gasteiger partial charge in [0, 0.05) is 49.5 Å². The van der Waals surface area contributed by atoms with E-state index in [2.05, 4.69) is 52.4 Å². The molecule has 4 aliphatic rings. The Bertz CT molecular complexity index is 1300. The highest BCUT2D eigenvalue weighted by Crippen LogP contribution is 2.51. The fourth-order valence-corrected chi connectivity index (χ4v) is 6.71. The second-order valence-corrected chi connectivity index (χ2v) is 10.3. The molecule has 4 nitrogen and oxygen atoms in total. The SMILES string of the molecule is Fc1ccccc1C1=NN2C(C1)c1ccccc1OC21CCN(C2CCCc3ccccc32)CC1. The lowest BCUT2D eigenvalue weighted by Crippen LogP contribution is -2.59. The zero-order chi connectivity index (χ0) is 23.4. The van der Waals surface area contributed by atoms with Crippen LogP contribution in [0.3, 0.4) is 0 Å². The number of piperidine rings is 1. The Kier molecular flexibility index (Phi) is 4.95. The van der Waals surface area contributed by atoms with Crippen molar-refractivity contribution in [2.75, 3.05) is 13.1 Å². The molecule has 0 bridgehead atoms. The number of hydrazone groups is 1. The van der Waals surface area contributed by atoms with Crippen LogP contribution in [0.2, 0.25) is 0 Å². The van der Waals surface area contributed by atoms with Crippen LogP contribution in [0.5, 0.6) is 5.75 Å². The molecule has 2 atom stereocenters. The number of ether oxygens (including phenoxy) is 1. The summed E-state index contributed by atoms with van der Waals surface area (Å²) in [7, 11) is 0. The molecule has 0 radical (unpaired) electrons. The molecule has 1 saturated heterocycles. The number of hydrogen-bond acceptors (Lipinski definition) is 4. The van der Waals surface area contributed by atoms with Crippen molar-refractivity contribution < 1.29 is 9.13 Å². The van der Waals surface area contributed by atoms with Crippen molar-refractivity contribution in [2.45, 2.75) is 56.3 Å². The largest absolute Gasteiger partial charge is 0.466 e. The van der Waals surface area contributed by atoms with Crippen molar-refractivity contribution in [3.8, 4) is 5.75 Å². The fourth-order valence-electron chi connectivity index (χ4n) is 6.71. The van der Waals surface area contributed by atoms with Crippen LogP contribution in [-0.4, -0.2) is 34.4 Å². The van der Waals surface area contributed by atoms with Gasteiger partial charge in [-0.05, 0) is 42.5 Å². The number of rotatable bonds is 2. The van der Waals surface area contributed by atoms with E-state index in [0.29, 0.717) is 18.0 Å². The first-order chi connectivity index (χ1) is 17.2. The summed E-state index contributed by atoms with van der Waals surface area (Å²) in [6.07, 6.45) is 6.11. The molecule has 3 aromatic carbocycles. The Hall–Kier alpha value is -3.18. The molecule has 0 aromatic heterocycles. The van der Waals surface area contributed by atoms with Gasteiger partial charge in [-0.25, -0.2) is 9.40 Å². The van der Waals surface area contributed by atoms with E-state index >= 15 is 0 Å². The summed E-state index contributed by atoms with van der Waals surface area (Å²) >= 11 is 0. The van der Waals surface area contributed by atoms with Crippen LogP contribution >= 0.6 is 0 Å². The van der Waals surface area contributed by atoms with Crippen LogP contribution in [0.25, 0.3) is 0 Å². The van der Waals surface area contributed by atoms with Crippen LogP contribution in [0.1, 0.15) is 66.4 Å². The highest BCUT2D eigenvalue weighted by atomic mass is 19.1. The lowest BCUT2D eigenvalue weighted by molar-refractivity contribution is -0.153. The number of halogens is 1. The monoisotopic (exact) mass is 467 g/mol. The second-order valence-electron chi connectivity index (χ2n) is 10.3. The van der Waals surface area contributed by atoms with Crippen LogP contribution in [-0.2, 0) is 6.42 Å². The van der Waals surface area contributed by atoms with E-state index in [1.165, 1.54) is 36.5 Å². The van der Waals surface area contributed by atoms with Gasteiger partial charge in [-0.2, -0.15) is 5.10 Å². The average Bonchev–Trinajstić information content (AvgIpc) is 3.36. The van der Waals surface area contributed by atoms with Crippen LogP contribution in [0.4, 0.5) is 4.39 Å². The molecule has 5 heteroatoms. The molecule has 1 fully saturated rings. The van der Waals surface area contributed by atoms with Gasteiger partial charge in [0.05, 0.1) is 11.8 Å². The predicted octanol–water partition coefficient (Wildman–Crippen LogP) is 6.24. The quantitative estimate of drug-likeness (QED) is 0.447. The lowest BCUT2D eigenvalue weighted by atomic mass is 9.84. The van der Waals surface area contributed by atoms with E-state index in [1.54, 1.807) is 6.07 Å². The summed E-state index contributed by atoms with van der Waals surface area (Å²) in [6, 6.07) is 24.8. The minimum atomic E-state index is -0.489. The minimum absolute atomic E-state index is 0.0801. The molecular weight excluding hydrogens is 437 g/mol. The molecule has 178 valence electrons. The van der Waals surface area contributed by atoms with E-state index in [9.17, 15) is 4.39 Å². The van der Waals surface area contributed by atoms with E-state index in [4.69, 9.17) is 9.84 Å². The van der Waals surface area contributed by atoms with Gasteiger partial charge >= 0.3 is 0 Å². The highest BCUT2D eigenvalue weighted by Gasteiger charge is 2.52. The first-order valence-corrected chi connectivity index (χ1v) is 12.9. The van der Waals surface area contributed by atoms with Crippen molar-refractivity contribution in [3.05, 3.63) is 101 Å². The van der Waals surface area contributed by atoms with E-state index in [-0.39, 0.29) is 11.9 Å². The number of benzene rings is 3. The maximum absolute atomic E-state index is 14.7. The molecule has 0 saturated carbocycles. The number of fused-ring (bicyclic) bond motifs is 5. The van der Waals surface area contributed by atoms with Crippen molar-refractivity contribution in [3.63, 3.8) is 0 Å². The van der Waals surface area contributed by atoms with Crippen molar-refractivity contribution >= 4 is 5.71 Å². The third-order valence-electron chi connectivity index (χ3n) is 8.45. The van der Waals surface area contributed by atoms with Gasteiger partial charge in [0.15, 0.2) is 0 Å². The molecule has 3 aromatic rings. The number of aryl methyl sites for hydroxylation is 1. The van der Waals surface area contributed by atoms with Crippen molar-refractivity contribution in [1.82, 2.24) is 9.91 Å². The van der Waals surface area contributed by atoms with Crippen molar-refractivity contribution in [1.29, 1.82) is 0 Å². The smallest absolute Gasteiger partial charge is 0.200 e.